The maximum Gasteiger partial charge on any atom is 0.311 e. The zero-order valence-electron chi connectivity index (χ0n) is 13.9. The molecule has 3 aromatic rings. The van der Waals surface area contributed by atoms with E-state index in [1.807, 2.05) is 0 Å². The lowest BCUT2D eigenvalue weighted by atomic mass is 10.1. The van der Waals surface area contributed by atoms with Gasteiger partial charge in [0, 0.05) is 22.2 Å². The summed E-state index contributed by atoms with van der Waals surface area (Å²) >= 11 is 12.0. The third kappa shape index (κ3) is 4.27. The van der Waals surface area contributed by atoms with Crippen molar-refractivity contribution in [1.29, 1.82) is 0 Å². The first-order chi connectivity index (χ1) is 13.3. The van der Waals surface area contributed by atoms with E-state index in [0.29, 0.717) is 26.9 Å². The Morgan fingerprint density at radius 3 is 2.75 bits per heavy atom. The molecule has 11 heteroatoms. The molecule has 0 aliphatic heterocycles. The molecule has 0 aliphatic carbocycles. The van der Waals surface area contributed by atoms with Crippen molar-refractivity contribution in [2.45, 2.75) is 0 Å². The summed E-state index contributed by atoms with van der Waals surface area (Å²) in [5.41, 5.74) is 3.31. The monoisotopic (exact) mass is 419 g/mol. The van der Waals surface area contributed by atoms with Crippen LogP contribution in [-0.4, -0.2) is 32.3 Å². The molecule has 9 nitrogen and oxygen atoms in total. The van der Waals surface area contributed by atoms with Gasteiger partial charge >= 0.3 is 5.69 Å². The number of aromatic amines is 1. The summed E-state index contributed by atoms with van der Waals surface area (Å²) in [4.78, 5) is 22.2. The second-order valence-electron chi connectivity index (χ2n) is 5.50. The minimum absolute atomic E-state index is 0.134. The van der Waals surface area contributed by atoms with Gasteiger partial charge < -0.3 is 5.11 Å². The second kappa shape index (κ2) is 8.07. The molecule has 0 fully saturated rings. The van der Waals surface area contributed by atoms with Gasteiger partial charge in [-0.1, -0.05) is 23.2 Å². The van der Waals surface area contributed by atoms with Crippen LogP contribution in [-0.2, 0) is 0 Å². The Bertz CT molecular complexity index is 1100. The van der Waals surface area contributed by atoms with E-state index in [2.05, 4.69) is 20.7 Å². The van der Waals surface area contributed by atoms with Gasteiger partial charge in [0.25, 0.3) is 5.91 Å². The van der Waals surface area contributed by atoms with Gasteiger partial charge in [-0.15, -0.1) is 0 Å². The molecule has 0 bridgehead atoms. The number of phenolic OH excluding ortho intramolecular Hbond substituents is 1. The molecule has 1 amide bonds. The largest absolute Gasteiger partial charge is 0.502 e. The minimum atomic E-state index is -0.723. The van der Waals surface area contributed by atoms with Crippen molar-refractivity contribution in [2.24, 2.45) is 5.10 Å². The number of halogens is 2. The lowest BCUT2D eigenvalue weighted by Crippen LogP contribution is -2.18. The molecule has 3 N–H and O–H groups in total. The predicted octanol–water partition coefficient (Wildman–Crippen LogP) is 3.76. The Kier molecular flexibility index (Phi) is 5.57. The number of benzene rings is 2. The molecule has 0 spiro atoms. The summed E-state index contributed by atoms with van der Waals surface area (Å²) < 4.78 is 0. The summed E-state index contributed by atoms with van der Waals surface area (Å²) in [6.45, 7) is 0. The lowest BCUT2D eigenvalue weighted by molar-refractivity contribution is -0.385. The predicted molar refractivity (Wildman–Crippen MR) is 104 cm³/mol. The summed E-state index contributed by atoms with van der Waals surface area (Å²) in [5.74, 6) is -1.04. The number of hydrazone groups is 1. The molecular formula is C17H11Cl2N5O4. The third-order valence-electron chi connectivity index (χ3n) is 3.61. The van der Waals surface area contributed by atoms with Crippen molar-refractivity contribution in [3.05, 3.63) is 73.9 Å². The number of H-pyrrole nitrogens is 1. The normalized spacial score (nSPS) is 10.9. The van der Waals surface area contributed by atoms with E-state index in [1.165, 1.54) is 24.4 Å². The third-order valence-corrected chi connectivity index (χ3v) is 4.15. The van der Waals surface area contributed by atoms with E-state index < -0.39 is 22.3 Å². The van der Waals surface area contributed by atoms with Gasteiger partial charge in [0.2, 0.25) is 0 Å². The molecule has 0 saturated carbocycles. The van der Waals surface area contributed by atoms with Crippen LogP contribution in [0.2, 0.25) is 10.0 Å². The number of hydrogen-bond donors (Lipinski definition) is 3. The number of aromatic nitrogens is 2. The fourth-order valence-corrected chi connectivity index (χ4v) is 2.77. The van der Waals surface area contributed by atoms with Crippen LogP contribution >= 0.6 is 23.2 Å². The highest BCUT2D eigenvalue weighted by Gasteiger charge is 2.14. The first-order valence-corrected chi connectivity index (χ1v) is 8.42. The number of nitrogens with zero attached hydrogens (tertiary/aromatic N) is 3. The Hall–Kier alpha value is -3.43. The number of amides is 1. The Morgan fingerprint density at radius 1 is 1.25 bits per heavy atom. The van der Waals surface area contributed by atoms with Crippen LogP contribution in [0.15, 0.2) is 47.6 Å². The van der Waals surface area contributed by atoms with Gasteiger partial charge in [0.15, 0.2) is 5.75 Å². The number of hydrogen-bond acceptors (Lipinski definition) is 6. The van der Waals surface area contributed by atoms with Crippen molar-refractivity contribution in [3.63, 3.8) is 0 Å². The molecule has 1 heterocycles. The van der Waals surface area contributed by atoms with Crippen LogP contribution < -0.4 is 5.43 Å². The average Bonchev–Trinajstić information content (AvgIpc) is 3.12. The number of rotatable bonds is 5. The van der Waals surface area contributed by atoms with Crippen LogP contribution in [0.25, 0.3) is 11.3 Å². The molecule has 0 radical (unpaired) electrons. The van der Waals surface area contributed by atoms with E-state index >= 15 is 0 Å². The molecule has 0 saturated heterocycles. The maximum absolute atomic E-state index is 12.1. The molecule has 28 heavy (non-hydrogen) atoms. The smallest absolute Gasteiger partial charge is 0.311 e. The number of nitro benzene ring substituents is 1. The molecule has 3 rings (SSSR count). The molecule has 2 aromatic carbocycles. The first-order valence-electron chi connectivity index (χ1n) is 7.67. The quantitative estimate of drug-likeness (QED) is 0.328. The van der Waals surface area contributed by atoms with Gasteiger partial charge in [-0.2, -0.15) is 10.2 Å². The van der Waals surface area contributed by atoms with Crippen LogP contribution in [0.3, 0.4) is 0 Å². The van der Waals surface area contributed by atoms with Crippen molar-refractivity contribution in [2.75, 3.05) is 0 Å². The van der Waals surface area contributed by atoms with Crippen LogP contribution in [0.4, 0.5) is 5.69 Å². The molecule has 0 aliphatic rings. The summed E-state index contributed by atoms with van der Waals surface area (Å²) in [7, 11) is 0. The van der Waals surface area contributed by atoms with Gasteiger partial charge in [-0.05, 0) is 36.4 Å². The summed E-state index contributed by atoms with van der Waals surface area (Å²) in [6.07, 6.45) is 1.21. The fourth-order valence-electron chi connectivity index (χ4n) is 2.27. The Labute approximate surface area is 167 Å². The SMILES string of the molecule is O=C(N/N=C/c1ccc(O)c([N+](=O)[O-])c1)c1cc(-c2ccc(Cl)cc2Cl)n[nH]1. The van der Waals surface area contributed by atoms with Gasteiger partial charge in [0.05, 0.1) is 21.9 Å². The molecular weight excluding hydrogens is 409 g/mol. The molecule has 0 atom stereocenters. The van der Waals surface area contributed by atoms with Crippen LogP contribution in [0.1, 0.15) is 16.1 Å². The Balaban J connectivity index is 1.71. The number of phenols is 1. The number of carbonyl (C=O) groups is 1. The maximum atomic E-state index is 12.1. The van der Waals surface area contributed by atoms with Crippen molar-refractivity contribution >= 4 is 41.0 Å². The zero-order valence-corrected chi connectivity index (χ0v) is 15.4. The van der Waals surface area contributed by atoms with Gasteiger partial charge in [0.1, 0.15) is 5.69 Å². The van der Waals surface area contributed by atoms with Crippen molar-refractivity contribution in [3.8, 4) is 17.0 Å². The second-order valence-corrected chi connectivity index (χ2v) is 6.34. The number of nitrogens with one attached hydrogen (secondary N) is 2. The van der Waals surface area contributed by atoms with E-state index in [9.17, 15) is 20.0 Å². The van der Waals surface area contributed by atoms with E-state index in [1.54, 1.807) is 18.2 Å². The molecule has 142 valence electrons. The van der Waals surface area contributed by atoms with E-state index in [0.717, 1.165) is 6.07 Å². The van der Waals surface area contributed by atoms with Gasteiger partial charge in [-0.3, -0.25) is 20.0 Å². The lowest BCUT2D eigenvalue weighted by Gasteiger charge is -2.00. The number of nitro groups is 1. The van der Waals surface area contributed by atoms with Gasteiger partial charge in [-0.25, -0.2) is 5.43 Å². The van der Waals surface area contributed by atoms with Crippen LogP contribution in [0, 0.1) is 10.1 Å². The highest BCUT2D eigenvalue weighted by atomic mass is 35.5. The number of carbonyl (C=O) groups excluding carboxylic acids is 1. The van der Waals surface area contributed by atoms with E-state index in [4.69, 9.17) is 23.2 Å². The average molecular weight is 420 g/mol. The Morgan fingerprint density at radius 2 is 2.04 bits per heavy atom. The highest BCUT2D eigenvalue weighted by molar-refractivity contribution is 6.36. The first kappa shape index (κ1) is 19.3. The van der Waals surface area contributed by atoms with Crippen molar-refractivity contribution in [1.82, 2.24) is 15.6 Å². The molecule has 0 unspecified atom stereocenters. The minimum Gasteiger partial charge on any atom is -0.502 e. The zero-order chi connectivity index (χ0) is 20.3. The fraction of sp³-hybridized carbons (Fsp3) is 0. The topological polar surface area (TPSA) is 134 Å². The highest BCUT2D eigenvalue weighted by Crippen LogP contribution is 2.29. The summed E-state index contributed by atoms with van der Waals surface area (Å²) in [6, 6.07) is 10.1. The molecule has 1 aromatic heterocycles. The van der Waals surface area contributed by atoms with E-state index in [-0.39, 0.29) is 5.69 Å². The summed E-state index contributed by atoms with van der Waals surface area (Å²) in [5, 5.41) is 31.4. The van der Waals surface area contributed by atoms with Crippen LogP contribution in [0.5, 0.6) is 5.75 Å². The number of aromatic hydroxyl groups is 1. The standard InChI is InChI=1S/C17H11Cl2N5O4/c18-10-2-3-11(12(19)6-10)13-7-14(22-21-13)17(26)23-20-8-9-1-4-16(25)15(5-9)24(27)28/h1-8,25H,(H,21,22)(H,23,26)/b20-8+. The van der Waals surface area contributed by atoms with Crippen molar-refractivity contribution < 1.29 is 14.8 Å².